The number of ether oxygens (including phenoxy) is 1. The van der Waals surface area contributed by atoms with Gasteiger partial charge in [0.25, 0.3) is 0 Å². The van der Waals surface area contributed by atoms with Crippen molar-refractivity contribution >= 4 is 0 Å². The van der Waals surface area contributed by atoms with Gasteiger partial charge in [0.05, 0.1) is 6.10 Å². The summed E-state index contributed by atoms with van der Waals surface area (Å²) < 4.78 is 5.61. The summed E-state index contributed by atoms with van der Waals surface area (Å²) >= 11 is 0. The highest BCUT2D eigenvalue weighted by atomic mass is 16.5. The fourth-order valence-electron chi connectivity index (χ4n) is 3.08. The van der Waals surface area contributed by atoms with Crippen LogP contribution in [0.5, 0.6) is 0 Å². The van der Waals surface area contributed by atoms with Crippen molar-refractivity contribution < 1.29 is 4.74 Å². The standard InChI is InChI=1S/C15H31NO/c1-4-12-16-14(15(5-2)17-3)11-10-13-8-6-7-9-13/h13-16H,4-12H2,1-3H3. The molecule has 1 aliphatic carbocycles. The number of rotatable bonds is 9. The summed E-state index contributed by atoms with van der Waals surface area (Å²) in [6.07, 6.45) is 11.2. The van der Waals surface area contributed by atoms with Crippen molar-refractivity contribution in [3.05, 3.63) is 0 Å². The maximum atomic E-state index is 5.61. The molecule has 2 nitrogen and oxygen atoms in total. The molecule has 2 heteroatoms. The molecule has 0 radical (unpaired) electrons. The number of hydrogen-bond acceptors (Lipinski definition) is 2. The van der Waals surface area contributed by atoms with Crippen LogP contribution in [-0.2, 0) is 4.74 Å². The lowest BCUT2D eigenvalue weighted by atomic mass is 9.95. The monoisotopic (exact) mass is 241 g/mol. The van der Waals surface area contributed by atoms with Crippen molar-refractivity contribution in [2.45, 2.75) is 77.4 Å². The molecule has 0 spiro atoms. The zero-order chi connectivity index (χ0) is 12.5. The average molecular weight is 241 g/mol. The summed E-state index contributed by atoms with van der Waals surface area (Å²) in [6, 6.07) is 0.561. The number of hydrogen-bond donors (Lipinski definition) is 1. The molecule has 1 saturated carbocycles. The van der Waals surface area contributed by atoms with Crippen molar-refractivity contribution in [3.8, 4) is 0 Å². The fourth-order valence-corrected chi connectivity index (χ4v) is 3.08. The molecule has 1 aliphatic rings. The van der Waals surface area contributed by atoms with E-state index >= 15 is 0 Å². The van der Waals surface area contributed by atoms with Crippen molar-refractivity contribution in [1.29, 1.82) is 0 Å². The van der Waals surface area contributed by atoms with Gasteiger partial charge in [-0.2, -0.15) is 0 Å². The molecule has 0 aliphatic heterocycles. The van der Waals surface area contributed by atoms with Gasteiger partial charge in [0.1, 0.15) is 0 Å². The Labute approximate surface area is 108 Å². The minimum atomic E-state index is 0.392. The SMILES string of the molecule is CCCNC(CCC1CCCC1)C(CC)OC. The Morgan fingerprint density at radius 2 is 1.94 bits per heavy atom. The maximum absolute atomic E-state index is 5.61. The van der Waals surface area contributed by atoms with E-state index < -0.39 is 0 Å². The van der Waals surface area contributed by atoms with Crippen LogP contribution in [0.4, 0.5) is 0 Å². The first kappa shape index (κ1) is 15.0. The molecule has 0 heterocycles. The second-order valence-electron chi connectivity index (χ2n) is 5.47. The van der Waals surface area contributed by atoms with Crippen molar-refractivity contribution in [3.63, 3.8) is 0 Å². The second kappa shape index (κ2) is 8.93. The van der Waals surface area contributed by atoms with Gasteiger partial charge < -0.3 is 10.1 Å². The molecule has 0 bridgehead atoms. The molecule has 0 amide bonds. The molecule has 0 saturated heterocycles. The summed E-state index contributed by atoms with van der Waals surface area (Å²) in [5.74, 6) is 0.996. The van der Waals surface area contributed by atoms with Crippen LogP contribution in [0.1, 0.15) is 65.2 Å². The minimum absolute atomic E-state index is 0.392. The molecule has 2 atom stereocenters. The van der Waals surface area contributed by atoms with E-state index in [1.807, 2.05) is 7.11 Å². The van der Waals surface area contributed by atoms with Crippen molar-refractivity contribution in [1.82, 2.24) is 5.32 Å². The Morgan fingerprint density at radius 1 is 1.24 bits per heavy atom. The van der Waals surface area contributed by atoms with Crippen LogP contribution in [-0.4, -0.2) is 25.8 Å². The highest BCUT2D eigenvalue weighted by molar-refractivity contribution is 4.78. The third-order valence-corrected chi connectivity index (χ3v) is 4.17. The van der Waals surface area contributed by atoms with Crippen LogP contribution in [0.15, 0.2) is 0 Å². The molecule has 1 N–H and O–H groups in total. The fraction of sp³-hybridized carbons (Fsp3) is 1.00. The molecule has 17 heavy (non-hydrogen) atoms. The molecule has 1 rings (SSSR count). The first-order valence-electron chi connectivity index (χ1n) is 7.57. The Bertz CT molecular complexity index is 174. The summed E-state index contributed by atoms with van der Waals surface area (Å²) in [6.45, 7) is 5.58. The molecule has 102 valence electrons. The summed E-state index contributed by atoms with van der Waals surface area (Å²) in [5.41, 5.74) is 0. The van der Waals surface area contributed by atoms with E-state index in [2.05, 4.69) is 19.2 Å². The third kappa shape index (κ3) is 5.39. The van der Waals surface area contributed by atoms with Crippen LogP contribution in [0.25, 0.3) is 0 Å². The smallest absolute Gasteiger partial charge is 0.0721 e. The third-order valence-electron chi connectivity index (χ3n) is 4.17. The van der Waals surface area contributed by atoms with Crippen LogP contribution in [0, 0.1) is 5.92 Å². The normalized spacial score (nSPS) is 20.6. The lowest BCUT2D eigenvalue weighted by Gasteiger charge is -2.27. The largest absolute Gasteiger partial charge is 0.380 e. The maximum Gasteiger partial charge on any atom is 0.0721 e. The van der Waals surface area contributed by atoms with Gasteiger partial charge in [0.15, 0.2) is 0 Å². The lowest BCUT2D eigenvalue weighted by molar-refractivity contribution is 0.0603. The lowest BCUT2D eigenvalue weighted by Crippen LogP contribution is -2.41. The Balaban J connectivity index is 2.32. The Hall–Kier alpha value is -0.0800. The second-order valence-corrected chi connectivity index (χ2v) is 5.47. The summed E-state index contributed by atoms with van der Waals surface area (Å²) in [7, 11) is 1.85. The zero-order valence-electron chi connectivity index (χ0n) is 12.0. The molecular weight excluding hydrogens is 210 g/mol. The molecule has 0 aromatic carbocycles. The quantitative estimate of drug-likeness (QED) is 0.664. The van der Waals surface area contributed by atoms with E-state index in [1.54, 1.807) is 0 Å². The number of nitrogens with one attached hydrogen (secondary N) is 1. The minimum Gasteiger partial charge on any atom is -0.380 e. The van der Waals surface area contributed by atoms with Gasteiger partial charge in [-0.3, -0.25) is 0 Å². The van der Waals surface area contributed by atoms with Crippen LogP contribution in [0.2, 0.25) is 0 Å². The van der Waals surface area contributed by atoms with Crippen molar-refractivity contribution in [2.75, 3.05) is 13.7 Å². The van der Waals surface area contributed by atoms with Crippen LogP contribution in [0.3, 0.4) is 0 Å². The molecule has 0 aromatic rings. The Kier molecular flexibility index (Phi) is 7.87. The summed E-state index contributed by atoms with van der Waals surface area (Å²) in [5, 5.41) is 3.67. The van der Waals surface area contributed by atoms with Gasteiger partial charge in [0, 0.05) is 13.2 Å². The first-order valence-corrected chi connectivity index (χ1v) is 7.57. The molecule has 2 unspecified atom stereocenters. The van der Waals surface area contributed by atoms with E-state index in [9.17, 15) is 0 Å². The highest BCUT2D eigenvalue weighted by Gasteiger charge is 2.22. The summed E-state index contributed by atoms with van der Waals surface area (Å²) in [4.78, 5) is 0. The van der Waals surface area contributed by atoms with E-state index in [0.717, 1.165) is 18.9 Å². The van der Waals surface area contributed by atoms with Gasteiger partial charge in [-0.1, -0.05) is 39.5 Å². The topological polar surface area (TPSA) is 21.3 Å². The Morgan fingerprint density at radius 3 is 2.47 bits per heavy atom. The molecule has 1 fully saturated rings. The van der Waals surface area contributed by atoms with Crippen LogP contribution < -0.4 is 5.32 Å². The average Bonchev–Trinajstić information content (AvgIpc) is 2.86. The highest BCUT2D eigenvalue weighted by Crippen LogP contribution is 2.29. The van der Waals surface area contributed by atoms with Gasteiger partial charge in [-0.15, -0.1) is 0 Å². The van der Waals surface area contributed by atoms with E-state index in [1.165, 1.54) is 44.9 Å². The van der Waals surface area contributed by atoms with Gasteiger partial charge in [0.2, 0.25) is 0 Å². The van der Waals surface area contributed by atoms with E-state index in [4.69, 9.17) is 4.74 Å². The number of methoxy groups -OCH3 is 1. The predicted octanol–water partition coefficient (Wildman–Crippen LogP) is 3.75. The van der Waals surface area contributed by atoms with Gasteiger partial charge in [-0.05, 0) is 38.1 Å². The van der Waals surface area contributed by atoms with Gasteiger partial charge in [-0.25, -0.2) is 0 Å². The first-order chi connectivity index (χ1) is 8.31. The predicted molar refractivity (Wildman–Crippen MR) is 74.4 cm³/mol. The van der Waals surface area contributed by atoms with E-state index in [-0.39, 0.29) is 0 Å². The molecule has 0 aromatic heterocycles. The van der Waals surface area contributed by atoms with E-state index in [0.29, 0.717) is 12.1 Å². The van der Waals surface area contributed by atoms with Crippen LogP contribution >= 0.6 is 0 Å². The van der Waals surface area contributed by atoms with Gasteiger partial charge >= 0.3 is 0 Å². The van der Waals surface area contributed by atoms with Crippen molar-refractivity contribution in [2.24, 2.45) is 5.92 Å². The zero-order valence-corrected chi connectivity index (χ0v) is 12.0. The molecular formula is C15H31NO.